The van der Waals surface area contributed by atoms with E-state index < -0.39 is 23.0 Å². The van der Waals surface area contributed by atoms with Gasteiger partial charge in [0.05, 0.1) is 16.4 Å². The summed E-state index contributed by atoms with van der Waals surface area (Å²) in [5.74, 6) is -2.51. The third-order valence-corrected chi connectivity index (χ3v) is 5.71. The molecule has 0 spiro atoms. The predicted octanol–water partition coefficient (Wildman–Crippen LogP) is 3.86. The normalized spacial score (nSPS) is 11.3. The lowest BCUT2D eigenvalue weighted by molar-refractivity contribution is -0.115. The van der Waals surface area contributed by atoms with E-state index >= 15 is 0 Å². The van der Waals surface area contributed by atoms with Crippen molar-refractivity contribution in [3.05, 3.63) is 89.5 Å². The quantitative estimate of drug-likeness (QED) is 0.374. The van der Waals surface area contributed by atoms with Gasteiger partial charge in [-0.1, -0.05) is 18.2 Å². The first-order chi connectivity index (χ1) is 15.7. The first kappa shape index (κ1) is 23.6. The molecule has 1 atom stereocenters. The second-order valence-electron chi connectivity index (χ2n) is 7.02. The molecule has 3 rings (SSSR count). The van der Waals surface area contributed by atoms with Crippen molar-refractivity contribution >= 4 is 46.8 Å². The first-order valence-corrected chi connectivity index (χ1v) is 10.7. The number of carbonyl (C=O) groups is 4. The summed E-state index contributed by atoms with van der Waals surface area (Å²) in [4.78, 5) is 48.4. The van der Waals surface area contributed by atoms with Crippen LogP contribution in [-0.4, -0.2) is 34.0 Å². The number of hydrogen-bond donors (Lipinski definition) is 4. The smallest absolute Gasteiger partial charge is 0.336 e. The van der Waals surface area contributed by atoms with E-state index in [1.807, 2.05) is 0 Å². The zero-order chi connectivity index (χ0) is 24.0. The molecule has 0 saturated carbocycles. The maximum atomic E-state index is 12.6. The zero-order valence-electron chi connectivity index (χ0n) is 17.6. The second-order valence-corrected chi connectivity index (χ2v) is 8.44. The molecule has 3 aromatic rings. The molecule has 3 aromatic carbocycles. The standard InChI is InChI=1S/C24H21N3O5S/c1-14(22(29)26-16-11-9-15(10-12-16)21(25)28)33-18-6-4-5-17(13-18)27-23(30)19-7-2-3-8-20(19)24(31)32/h2-14H,1H3,(H2,25,28)(H,26,29)(H,27,30)(H,31,32). The van der Waals surface area contributed by atoms with Crippen LogP contribution in [0.1, 0.15) is 38.0 Å². The lowest BCUT2D eigenvalue weighted by Gasteiger charge is -2.13. The average Bonchev–Trinajstić information content (AvgIpc) is 2.79. The van der Waals surface area contributed by atoms with Crippen molar-refractivity contribution in [2.45, 2.75) is 17.1 Å². The minimum Gasteiger partial charge on any atom is -0.478 e. The van der Waals surface area contributed by atoms with Crippen molar-refractivity contribution in [2.24, 2.45) is 5.73 Å². The highest BCUT2D eigenvalue weighted by atomic mass is 32.2. The van der Waals surface area contributed by atoms with E-state index in [2.05, 4.69) is 10.6 Å². The minimum absolute atomic E-state index is 0.0538. The molecule has 0 aromatic heterocycles. The highest BCUT2D eigenvalue weighted by molar-refractivity contribution is 8.00. The largest absolute Gasteiger partial charge is 0.478 e. The molecule has 3 amide bonds. The van der Waals surface area contributed by atoms with Crippen LogP contribution < -0.4 is 16.4 Å². The van der Waals surface area contributed by atoms with E-state index in [4.69, 9.17) is 5.73 Å². The number of thioether (sulfide) groups is 1. The van der Waals surface area contributed by atoms with Crippen LogP contribution in [0, 0.1) is 0 Å². The van der Waals surface area contributed by atoms with Gasteiger partial charge in [-0.3, -0.25) is 14.4 Å². The molecular formula is C24H21N3O5S. The Labute approximate surface area is 194 Å². The van der Waals surface area contributed by atoms with Gasteiger partial charge in [0.2, 0.25) is 11.8 Å². The summed E-state index contributed by atoms with van der Waals surface area (Å²) < 4.78 is 0. The SMILES string of the molecule is CC(Sc1cccc(NC(=O)c2ccccc2C(=O)O)c1)C(=O)Nc1ccc(C(N)=O)cc1. The van der Waals surface area contributed by atoms with Gasteiger partial charge in [-0.05, 0) is 61.5 Å². The van der Waals surface area contributed by atoms with Gasteiger partial charge in [0.25, 0.3) is 5.91 Å². The molecule has 5 N–H and O–H groups in total. The molecule has 1 unspecified atom stereocenters. The molecule has 0 saturated heterocycles. The highest BCUT2D eigenvalue weighted by Gasteiger charge is 2.17. The summed E-state index contributed by atoms with van der Waals surface area (Å²) in [6, 6.07) is 19.1. The van der Waals surface area contributed by atoms with Crippen LogP contribution in [0.2, 0.25) is 0 Å². The first-order valence-electron chi connectivity index (χ1n) is 9.85. The Morgan fingerprint density at radius 3 is 2.15 bits per heavy atom. The van der Waals surface area contributed by atoms with Gasteiger partial charge in [0, 0.05) is 21.8 Å². The number of benzene rings is 3. The maximum Gasteiger partial charge on any atom is 0.336 e. The van der Waals surface area contributed by atoms with Gasteiger partial charge in [0.1, 0.15) is 0 Å². The number of nitrogens with one attached hydrogen (secondary N) is 2. The molecule has 9 heteroatoms. The topological polar surface area (TPSA) is 139 Å². The van der Waals surface area contributed by atoms with Crippen LogP contribution in [0.3, 0.4) is 0 Å². The monoisotopic (exact) mass is 463 g/mol. The van der Waals surface area contributed by atoms with Gasteiger partial charge < -0.3 is 21.5 Å². The van der Waals surface area contributed by atoms with E-state index in [9.17, 15) is 24.3 Å². The molecule has 168 valence electrons. The molecule has 0 bridgehead atoms. The van der Waals surface area contributed by atoms with E-state index in [1.165, 1.54) is 36.0 Å². The maximum absolute atomic E-state index is 12.6. The number of primary amides is 1. The Morgan fingerprint density at radius 2 is 1.52 bits per heavy atom. The molecule has 0 aliphatic rings. The van der Waals surface area contributed by atoms with Crippen molar-refractivity contribution in [3.8, 4) is 0 Å². The number of aromatic carboxylic acids is 1. The van der Waals surface area contributed by atoms with Crippen LogP contribution in [-0.2, 0) is 4.79 Å². The Hall–Kier alpha value is -4.11. The van der Waals surface area contributed by atoms with Gasteiger partial charge in [-0.25, -0.2) is 4.79 Å². The van der Waals surface area contributed by atoms with Gasteiger partial charge >= 0.3 is 5.97 Å². The number of hydrogen-bond acceptors (Lipinski definition) is 5. The number of rotatable bonds is 8. The molecule has 0 fully saturated rings. The highest BCUT2D eigenvalue weighted by Crippen LogP contribution is 2.27. The van der Waals surface area contributed by atoms with Gasteiger partial charge in [-0.2, -0.15) is 0 Å². The van der Waals surface area contributed by atoms with Crippen molar-refractivity contribution in [1.29, 1.82) is 0 Å². The Bertz CT molecular complexity index is 1210. The molecular weight excluding hydrogens is 442 g/mol. The summed E-state index contributed by atoms with van der Waals surface area (Å²) in [5.41, 5.74) is 6.54. The molecule has 0 aliphatic heterocycles. The number of anilines is 2. The summed E-state index contributed by atoms with van der Waals surface area (Å²) >= 11 is 1.29. The molecule has 8 nitrogen and oxygen atoms in total. The third-order valence-electron chi connectivity index (χ3n) is 4.61. The fourth-order valence-electron chi connectivity index (χ4n) is 2.93. The predicted molar refractivity (Wildman–Crippen MR) is 127 cm³/mol. The fraction of sp³-hybridized carbons (Fsp3) is 0.0833. The number of nitrogens with two attached hydrogens (primary N) is 1. The Kier molecular flexibility index (Phi) is 7.47. The molecule has 0 aliphatic carbocycles. The summed E-state index contributed by atoms with van der Waals surface area (Å²) in [5, 5.41) is 14.3. The minimum atomic E-state index is -1.19. The average molecular weight is 464 g/mol. The van der Waals surface area contributed by atoms with Crippen molar-refractivity contribution in [1.82, 2.24) is 0 Å². The van der Waals surface area contributed by atoms with Gasteiger partial charge in [-0.15, -0.1) is 11.8 Å². The number of amides is 3. The molecule has 0 heterocycles. The van der Waals surface area contributed by atoms with E-state index in [-0.39, 0.29) is 17.0 Å². The van der Waals surface area contributed by atoms with Crippen molar-refractivity contribution in [2.75, 3.05) is 10.6 Å². The van der Waals surface area contributed by atoms with Crippen LogP contribution in [0.25, 0.3) is 0 Å². The van der Waals surface area contributed by atoms with Crippen molar-refractivity contribution < 1.29 is 24.3 Å². The van der Waals surface area contributed by atoms with Gasteiger partial charge in [0.15, 0.2) is 0 Å². The molecule has 33 heavy (non-hydrogen) atoms. The summed E-state index contributed by atoms with van der Waals surface area (Å²) in [7, 11) is 0. The number of carbonyl (C=O) groups excluding carboxylic acids is 3. The summed E-state index contributed by atoms with van der Waals surface area (Å²) in [6.07, 6.45) is 0. The lowest BCUT2D eigenvalue weighted by Crippen LogP contribution is -2.22. The van der Waals surface area contributed by atoms with Crippen LogP contribution in [0.5, 0.6) is 0 Å². The molecule has 0 radical (unpaired) electrons. The van der Waals surface area contributed by atoms with Crippen LogP contribution in [0.15, 0.2) is 77.7 Å². The summed E-state index contributed by atoms with van der Waals surface area (Å²) in [6.45, 7) is 1.74. The third kappa shape index (κ3) is 6.20. The number of carboxylic acid groups (broad SMARTS) is 1. The zero-order valence-corrected chi connectivity index (χ0v) is 18.4. The second kappa shape index (κ2) is 10.5. The Morgan fingerprint density at radius 1 is 0.848 bits per heavy atom. The lowest BCUT2D eigenvalue weighted by atomic mass is 10.1. The van der Waals surface area contributed by atoms with E-state index in [0.717, 1.165) is 4.90 Å². The Balaban J connectivity index is 1.64. The van der Waals surface area contributed by atoms with E-state index in [0.29, 0.717) is 16.9 Å². The van der Waals surface area contributed by atoms with E-state index in [1.54, 1.807) is 55.5 Å². The van der Waals surface area contributed by atoms with Crippen LogP contribution >= 0.6 is 11.8 Å². The van der Waals surface area contributed by atoms with Crippen LogP contribution in [0.4, 0.5) is 11.4 Å². The fourth-order valence-corrected chi connectivity index (χ4v) is 3.86. The van der Waals surface area contributed by atoms with Crippen molar-refractivity contribution in [3.63, 3.8) is 0 Å². The number of carboxylic acids is 1.